The van der Waals surface area contributed by atoms with Crippen LogP contribution in [0.4, 0.5) is 0 Å². The van der Waals surface area contributed by atoms with E-state index in [4.69, 9.17) is 34.0 Å². The van der Waals surface area contributed by atoms with Crippen molar-refractivity contribution in [1.82, 2.24) is 0 Å². The first-order valence-electron chi connectivity index (χ1n) is 3.96. The maximum atomic E-state index is 8.69. The molecule has 1 aromatic rings. The fourth-order valence-electron chi connectivity index (χ4n) is 1.10. The molecule has 0 aliphatic carbocycles. The lowest BCUT2D eigenvalue weighted by molar-refractivity contribution is 0.276. The van der Waals surface area contributed by atoms with Crippen molar-refractivity contribution in [3.63, 3.8) is 0 Å². The minimum atomic E-state index is -0.227. The van der Waals surface area contributed by atoms with Crippen molar-refractivity contribution in [2.75, 3.05) is 6.61 Å². The summed E-state index contributed by atoms with van der Waals surface area (Å²) in [5.41, 5.74) is 6.59. The largest absolute Gasteiger partial charge is 0.396 e. The van der Waals surface area contributed by atoms with E-state index in [0.29, 0.717) is 16.5 Å². The fourth-order valence-corrected chi connectivity index (χ4v) is 1.65. The van der Waals surface area contributed by atoms with Gasteiger partial charge in [-0.15, -0.1) is 12.4 Å². The van der Waals surface area contributed by atoms with Crippen molar-refractivity contribution in [2.24, 2.45) is 5.73 Å². The molecule has 0 fully saturated rings. The van der Waals surface area contributed by atoms with Crippen LogP contribution in [0.1, 0.15) is 18.0 Å². The summed E-state index contributed by atoms with van der Waals surface area (Å²) in [7, 11) is 0. The molecule has 0 aliphatic heterocycles. The standard InChI is InChI=1S/C9H11Cl2NO.ClH/c10-6-1-2-7(8(11)5-6)9(12)3-4-13;/h1-2,5,9,13H,3-4,12H2;1H. The molecule has 1 aromatic carbocycles. The highest BCUT2D eigenvalue weighted by atomic mass is 35.5. The zero-order valence-electron chi connectivity index (χ0n) is 7.41. The van der Waals surface area contributed by atoms with Gasteiger partial charge >= 0.3 is 0 Å². The summed E-state index contributed by atoms with van der Waals surface area (Å²) in [6.07, 6.45) is 0.501. The van der Waals surface area contributed by atoms with E-state index >= 15 is 0 Å². The molecule has 1 unspecified atom stereocenters. The molecule has 0 saturated carbocycles. The van der Waals surface area contributed by atoms with Gasteiger partial charge in [-0.1, -0.05) is 29.3 Å². The molecule has 1 rings (SSSR count). The van der Waals surface area contributed by atoms with E-state index in [0.717, 1.165) is 5.56 Å². The Morgan fingerprint density at radius 2 is 2.00 bits per heavy atom. The van der Waals surface area contributed by atoms with Gasteiger partial charge in [-0.2, -0.15) is 0 Å². The van der Waals surface area contributed by atoms with Crippen LogP contribution in [-0.2, 0) is 0 Å². The second-order valence-corrected chi connectivity index (χ2v) is 3.63. The number of hydrogen-bond donors (Lipinski definition) is 2. The lowest BCUT2D eigenvalue weighted by atomic mass is 10.1. The van der Waals surface area contributed by atoms with Crippen LogP contribution >= 0.6 is 35.6 Å². The molecule has 14 heavy (non-hydrogen) atoms. The molecule has 3 N–H and O–H groups in total. The van der Waals surface area contributed by atoms with Crippen molar-refractivity contribution < 1.29 is 5.11 Å². The van der Waals surface area contributed by atoms with Crippen LogP contribution in [0.2, 0.25) is 10.0 Å². The van der Waals surface area contributed by atoms with Crippen LogP contribution in [0.5, 0.6) is 0 Å². The SMILES string of the molecule is Cl.NC(CCO)c1ccc(Cl)cc1Cl. The molecule has 80 valence electrons. The smallest absolute Gasteiger partial charge is 0.0468 e. The monoisotopic (exact) mass is 255 g/mol. The summed E-state index contributed by atoms with van der Waals surface area (Å²) in [5.74, 6) is 0. The first-order valence-corrected chi connectivity index (χ1v) is 4.72. The molecule has 0 bridgehead atoms. The highest BCUT2D eigenvalue weighted by Crippen LogP contribution is 2.26. The molecule has 5 heteroatoms. The van der Waals surface area contributed by atoms with E-state index in [1.54, 1.807) is 18.2 Å². The number of aliphatic hydroxyl groups excluding tert-OH is 1. The van der Waals surface area contributed by atoms with Crippen LogP contribution in [0, 0.1) is 0 Å². The van der Waals surface area contributed by atoms with Gasteiger partial charge in [-0.3, -0.25) is 0 Å². The summed E-state index contributed by atoms with van der Waals surface area (Å²) in [6.45, 7) is 0.0557. The van der Waals surface area contributed by atoms with E-state index in [1.807, 2.05) is 0 Å². The van der Waals surface area contributed by atoms with Crippen LogP contribution in [-0.4, -0.2) is 11.7 Å². The maximum absolute atomic E-state index is 8.69. The Hall–Kier alpha value is 0.01000. The first kappa shape index (κ1) is 14.0. The summed E-state index contributed by atoms with van der Waals surface area (Å²) in [5, 5.41) is 9.83. The Labute approximate surface area is 99.4 Å². The molecule has 0 aliphatic rings. The Morgan fingerprint density at radius 3 is 2.50 bits per heavy atom. The Balaban J connectivity index is 0.00000169. The van der Waals surface area contributed by atoms with Gasteiger partial charge in [0.2, 0.25) is 0 Å². The Kier molecular flexibility index (Phi) is 6.49. The second-order valence-electron chi connectivity index (χ2n) is 2.78. The normalized spacial score (nSPS) is 12.0. The summed E-state index contributed by atoms with van der Waals surface area (Å²) in [4.78, 5) is 0. The number of nitrogens with two attached hydrogens (primary N) is 1. The van der Waals surface area contributed by atoms with Crippen LogP contribution in [0.15, 0.2) is 18.2 Å². The van der Waals surface area contributed by atoms with Gasteiger partial charge in [-0.05, 0) is 24.1 Å². The summed E-state index contributed by atoms with van der Waals surface area (Å²) < 4.78 is 0. The zero-order valence-corrected chi connectivity index (χ0v) is 9.74. The molecular formula is C9H12Cl3NO. The molecule has 0 amide bonds. The number of aliphatic hydroxyl groups is 1. The van der Waals surface area contributed by atoms with Crippen molar-refractivity contribution in [2.45, 2.75) is 12.5 Å². The average Bonchev–Trinajstić information content (AvgIpc) is 2.04. The Morgan fingerprint density at radius 1 is 1.36 bits per heavy atom. The van der Waals surface area contributed by atoms with E-state index in [-0.39, 0.29) is 25.1 Å². The Bertz CT molecular complexity index is 293. The molecule has 2 nitrogen and oxygen atoms in total. The highest BCUT2D eigenvalue weighted by molar-refractivity contribution is 6.35. The minimum absolute atomic E-state index is 0. The van der Waals surface area contributed by atoms with Gasteiger partial charge in [0, 0.05) is 22.7 Å². The molecule has 0 saturated heterocycles. The quantitative estimate of drug-likeness (QED) is 0.873. The van der Waals surface area contributed by atoms with E-state index in [2.05, 4.69) is 0 Å². The van der Waals surface area contributed by atoms with Crippen molar-refractivity contribution in [1.29, 1.82) is 0 Å². The van der Waals surface area contributed by atoms with Gasteiger partial charge in [0.15, 0.2) is 0 Å². The molecule has 0 radical (unpaired) electrons. The molecule has 0 heterocycles. The average molecular weight is 257 g/mol. The van der Waals surface area contributed by atoms with Gasteiger partial charge < -0.3 is 10.8 Å². The predicted molar refractivity (Wildman–Crippen MR) is 62.3 cm³/mol. The van der Waals surface area contributed by atoms with Gasteiger partial charge in [0.25, 0.3) is 0 Å². The number of benzene rings is 1. The molecular weight excluding hydrogens is 244 g/mol. The molecule has 0 spiro atoms. The first-order chi connectivity index (χ1) is 6.15. The lowest BCUT2D eigenvalue weighted by Gasteiger charge is -2.11. The fraction of sp³-hybridized carbons (Fsp3) is 0.333. The zero-order chi connectivity index (χ0) is 9.84. The van der Waals surface area contributed by atoms with E-state index in [9.17, 15) is 0 Å². The summed E-state index contributed by atoms with van der Waals surface area (Å²) >= 11 is 11.6. The second kappa shape index (κ2) is 6.49. The lowest BCUT2D eigenvalue weighted by Crippen LogP contribution is -2.12. The van der Waals surface area contributed by atoms with Crippen molar-refractivity contribution in [3.05, 3.63) is 33.8 Å². The number of hydrogen-bond acceptors (Lipinski definition) is 2. The number of halogens is 3. The molecule has 0 aromatic heterocycles. The topological polar surface area (TPSA) is 46.2 Å². The number of rotatable bonds is 3. The van der Waals surface area contributed by atoms with Gasteiger partial charge in [-0.25, -0.2) is 0 Å². The van der Waals surface area contributed by atoms with Gasteiger partial charge in [0.1, 0.15) is 0 Å². The highest BCUT2D eigenvalue weighted by Gasteiger charge is 2.09. The van der Waals surface area contributed by atoms with Crippen LogP contribution < -0.4 is 5.73 Å². The van der Waals surface area contributed by atoms with E-state index < -0.39 is 0 Å². The predicted octanol–water partition coefficient (Wildman–Crippen LogP) is 2.80. The van der Waals surface area contributed by atoms with Crippen molar-refractivity contribution in [3.8, 4) is 0 Å². The van der Waals surface area contributed by atoms with Crippen LogP contribution in [0.25, 0.3) is 0 Å². The summed E-state index contributed by atoms with van der Waals surface area (Å²) in [6, 6.07) is 4.94. The van der Waals surface area contributed by atoms with Crippen molar-refractivity contribution >= 4 is 35.6 Å². The third-order valence-electron chi connectivity index (χ3n) is 1.80. The minimum Gasteiger partial charge on any atom is -0.396 e. The third kappa shape index (κ3) is 3.64. The third-order valence-corrected chi connectivity index (χ3v) is 2.36. The van der Waals surface area contributed by atoms with Crippen LogP contribution in [0.3, 0.4) is 0 Å². The van der Waals surface area contributed by atoms with E-state index in [1.165, 1.54) is 0 Å². The van der Waals surface area contributed by atoms with Gasteiger partial charge in [0.05, 0.1) is 0 Å². The molecule has 1 atom stereocenters. The maximum Gasteiger partial charge on any atom is 0.0468 e.